The largest absolute Gasteiger partial charge is 0.352 e. The summed E-state index contributed by atoms with van der Waals surface area (Å²) >= 11 is 1.95. The summed E-state index contributed by atoms with van der Waals surface area (Å²) in [5, 5.41) is 2.96. The lowest BCUT2D eigenvalue weighted by atomic mass is 10.1. The van der Waals surface area contributed by atoms with Gasteiger partial charge in [-0.05, 0) is 29.9 Å². The molecule has 1 atom stereocenters. The number of carbonyl (C=O) groups is 1. The first-order valence-electron chi connectivity index (χ1n) is 6.29. The van der Waals surface area contributed by atoms with Crippen LogP contribution in [0.1, 0.15) is 22.3 Å². The quantitative estimate of drug-likeness (QED) is 0.803. The van der Waals surface area contributed by atoms with Gasteiger partial charge in [-0.25, -0.2) is 0 Å². The van der Waals surface area contributed by atoms with Gasteiger partial charge in [0.25, 0.3) is 5.91 Å². The van der Waals surface area contributed by atoms with Crippen molar-refractivity contribution in [3.8, 4) is 11.8 Å². The highest BCUT2D eigenvalue weighted by molar-refractivity contribution is 7.99. The maximum atomic E-state index is 12.0. The average Bonchev–Trinajstić information content (AvgIpc) is 2.96. The minimum Gasteiger partial charge on any atom is -0.352 e. The molecule has 0 aromatic carbocycles. The molecule has 4 nitrogen and oxygen atoms in total. The maximum Gasteiger partial charge on any atom is 0.252 e. The Hall–Kier alpha value is -1.51. The number of amides is 1. The van der Waals surface area contributed by atoms with Crippen LogP contribution in [0.5, 0.6) is 0 Å². The van der Waals surface area contributed by atoms with E-state index in [0.717, 1.165) is 17.9 Å². The molecule has 0 saturated carbocycles. The van der Waals surface area contributed by atoms with Crippen LogP contribution < -0.4 is 11.1 Å². The van der Waals surface area contributed by atoms with E-state index in [1.807, 2.05) is 11.8 Å². The van der Waals surface area contributed by atoms with Crippen LogP contribution >= 0.6 is 11.8 Å². The Morgan fingerprint density at radius 1 is 1.58 bits per heavy atom. The molecule has 0 bridgehead atoms. The molecule has 0 radical (unpaired) electrons. The van der Waals surface area contributed by atoms with Crippen molar-refractivity contribution in [2.75, 3.05) is 24.6 Å². The molecule has 1 unspecified atom stereocenters. The van der Waals surface area contributed by atoms with Gasteiger partial charge in [0, 0.05) is 24.5 Å². The molecule has 1 fully saturated rings. The normalized spacial score (nSPS) is 17.6. The van der Waals surface area contributed by atoms with Crippen LogP contribution in [0.25, 0.3) is 0 Å². The van der Waals surface area contributed by atoms with Crippen LogP contribution in [-0.2, 0) is 0 Å². The number of aromatic nitrogens is 1. The molecule has 1 aromatic heterocycles. The van der Waals surface area contributed by atoms with Crippen molar-refractivity contribution in [1.29, 1.82) is 0 Å². The average molecular weight is 275 g/mol. The number of rotatable bonds is 3. The van der Waals surface area contributed by atoms with E-state index in [1.54, 1.807) is 18.5 Å². The summed E-state index contributed by atoms with van der Waals surface area (Å²) in [4.78, 5) is 16.0. The summed E-state index contributed by atoms with van der Waals surface area (Å²) in [6.07, 6.45) is 4.38. The predicted molar refractivity (Wildman–Crippen MR) is 77.9 cm³/mol. The van der Waals surface area contributed by atoms with Crippen molar-refractivity contribution in [3.05, 3.63) is 29.6 Å². The molecule has 19 heavy (non-hydrogen) atoms. The number of nitrogens with one attached hydrogen (secondary N) is 1. The molecule has 1 aliphatic rings. The summed E-state index contributed by atoms with van der Waals surface area (Å²) in [5.74, 6) is 8.48. The Morgan fingerprint density at radius 2 is 2.47 bits per heavy atom. The molecule has 0 aliphatic carbocycles. The molecule has 3 N–H and O–H groups in total. The van der Waals surface area contributed by atoms with Gasteiger partial charge in [0.1, 0.15) is 0 Å². The first-order valence-corrected chi connectivity index (χ1v) is 7.45. The first kappa shape index (κ1) is 13.9. The monoisotopic (exact) mass is 275 g/mol. The molecule has 100 valence electrons. The third-order valence-corrected chi connectivity index (χ3v) is 4.14. The zero-order valence-corrected chi connectivity index (χ0v) is 11.5. The highest BCUT2D eigenvalue weighted by atomic mass is 32.2. The second kappa shape index (κ2) is 7.17. The van der Waals surface area contributed by atoms with Crippen LogP contribution in [0.4, 0.5) is 0 Å². The maximum absolute atomic E-state index is 12.0. The van der Waals surface area contributed by atoms with Crippen molar-refractivity contribution in [1.82, 2.24) is 10.3 Å². The standard InChI is InChI=1S/C14H17N3OS/c15-4-1-2-11-6-13(9-16-7-11)14(18)17-8-12-3-5-19-10-12/h6-7,9,12H,3-5,8,10,15H2,(H,17,18). The molecule has 5 heteroatoms. The van der Waals surface area contributed by atoms with Gasteiger partial charge in [0.15, 0.2) is 0 Å². The fourth-order valence-electron chi connectivity index (χ4n) is 1.87. The van der Waals surface area contributed by atoms with Crippen LogP contribution in [0.15, 0.2) is 18.5 Å². The molecule has 1 amide bonds. The van der Waals surface area contributed by atoms with Crippen LogP contribution in [0.2, 0.25) is 0 Å². The Morgan fingerprint density at radius 3 is 3.21 bits per heavy atom. The number of thioether (sulfide) groups is 1. The molecular weight excluding hydrogens is 258 g/mol. The first-order chi connectivity index (χ1) is 9.29. The van der Waals surface area contributed by atoms with Crippen molar-refractivity contribution < 1.29 is 4.79 Å². The number of pyridine rings is 1. The molecule has 1 aliphatic heterocycles. The number of nitrogens with two attached hydrogens (primary N) is 1. The minimum absolute atomic E-state index is 0.0826. The minimum atomic E-state index is -0.0826. The third-order valence-electron chi connectivity index (χ3n) is 2.91. The Labute approximate surface area is 117 Å². The Kier molecular flexibility index (Phi) is 5.25. The van der Waals surface area contributed by atoms with Gasteiger partial charge in [-0.15, -0.1) is 0 Å². The van der Waals surface area contributed by atoms with Crippen LogP contribution in [-0.4, -0.2) is 35.5 Å². The van der Waals surface area contributed by atoms with Gasteiger partial charge in [-0.3, -0.25) is 9.78 Å². The van der Waals surface area contributed by atoms with Gasteiger partial charge in [0.05, 0.1) is 12.1 Å². The smallest absolute Gasteiger partial charge is 0.252 e. The van der Waals surface area contributed by atoms with E-state index in [1.165, 1.54) is 12.2 Å². The molecule has 2 heterocycles. The highest BCUT2D eigenvalue weighted by Gasteiger charge is 2.16. The van der Waals surface area contributed by atoms with Crippen molar-refractivity contribution in [2.24, 2.45) is 11.7 Å². The van der Waals surface area contributed by atoms with E-state index in [-0.39, 0.29) is 5.91 Å². The van der Waals surface area contributed by atoms with E-state index >= 15 is 0 Å². The summed E-state index contributed by atoms with van der Waals surface area (Å²) in [6, 6.07) is 1.74. The Balaban J connectivity index is 1.94. The van der Waals surface area contributed by atoms with Gasteiger partial charge in [-0.1, -0.05) is 11.8 Å². The lowest BCUT2D eigenvalue weighted by Gasteiger charge is -2.09. The van der Waals surface area contributed by atoms with Crippen LogP contribution in [0.3, 0.4) is 0 Å². The zero-order chi connectivity index (χ0) is 13.5. The van der Waals surface area contributed by atoms with Crippen molar-refractivity contribution >= 4 is 17.7 Å². The summed E-state index contributed by atoms with van der Waals surface area (Å²) in [6.45, 7) is 1.04. The van der Waals surface area contributed by atoms with Crippen LogP contribution in [0, 0.1) is 17.8 Å². The molecule has 2 rings (SSSR count). The SMILES string of the molecule is NCC#Cc1cncc(C(=O)NCC2CCSC2)c1. The number of carbonyl (C=O) groups excluding carboxylic acids is 1. The lowest BCUT2D eigenvalue weighted by molar-refractivity contribution is 0.0948. The molecule has 0 spiro atoms. The third kappa shape index (κ3) is 4.27. The van der Waals surface area contributed by atoms with Gasteiger partial charge >= 0.3 is 0 Å². The van der Waals surface area contributed by atoms with Gasteiger partial charge in [-0.2, -0.15) is 11.8 Å². The summed E-state index contributed by atoms with van der Waals surface area (Å²) in [7, 11) is 0. The lowest BCUT2D eigenvalue weighted by Crippen LogP contribution is -2.29. The van der Waals surface area contributed by atoms with E-state index < -0.39 is 0 Å². The van der Waals surface area contributed by atoms with E-state index in [0.29, 0.717) is 18.0 Å². The van der Waals surface area contributed by atoms with Gasteiger partial charge < -0.3 is 11.1 Å². The van der Waals surface area contributed by atoms with E-state index in [2.05, 4.69) is 22.1 Å². The number of hydrogen-bond acceptors (Lipinski definition) is 4. The molecular formula is C14H17N3OS. The van der Waals surface area contributed by atoms with E-state index in [4.69, 9.17) is 5.73 Å². The molecule has 1 aromatic rings. The van der Waals surface area contributed by atoms with Crippen molar-refractivity contribution in [3.63, 3.8) is 0 Å². The van der Waals surface area contributed by atoms with Gasteiger partial charge in [0.2, 0.25) is 0 Å². The van der Waals surface area contributed by atoms with Crippen molar-refractivity contribution in [2.45, 2.75) is 6.42 Å². The zero-order valence-electron chi connectivity index (χ0n) is 10.7. The fourth-order valence-corrected chi connectivity index (χ4v) is 3.15. The fraction of sp³-hybridized carbons (Fsp3) is 0.429. The second-order valence-corrected chi connectivity index (χ2v) is 5.56. The van der Waals surface area contributed by atoms with E-state index in [9.17, 15) is 4.79 Å². The highest BCUT2D eigenvalue weighted by Crippen LogP contribution is 2.22. The summed E-state index contributed by atoms with van der Waals surface area (Å²) in [5.41, 5.74) is 6.58. The number of nitrogens with zero attached hydrogens (tertiary/aromatic N) is 1. The topological polar surface area (TPSA) is 68.0 Å². The molecule has 1 saturated heterocycles. The Bertz CT molecular complexity index is 501. The summed E-state index contributed by atoms with van der Waals surface area (Å²) < 4.78 is 0. The predicted octanol–water partition coefficient (Wildman–Crippen LogP) is 0.875. The number of hydrogen-bond donors (Lipinski definition) is 2. The second-order valence-electron chi connectivity index (χ2n) is 4.41.